The van der Waals surface area contributed by atoms with E-state index < -0.39 is 0 Å². The maximum atomic E-state index is 12.6. The van der Waals surface area contributed by atoms with Crippen molar-refractivity contribution in [2.75, 3.05) is 0 Å². The predicted octanol–water partition coefficient (Wildman–Crippen LogP) is 3.46. The van der Waals surface area contributed by atoms with Crippen LogP contribution in [-0.2, 0) is 0 Å². The van der Waals surface area contributed by atoms with Gasteiger partial charge in [-0.3, -0.25) is 4.79 Å². The molecule has 0 fully saturated rings. The Balaban J connectivity index is 2.02. The van der Waals surface area contributed by atoms with Crippen molar-refractivity contribution in [2.45, 2.75) is 19.8 Å². The zero-order valence-electron chi connectivity index (χ0n) is 13.3. The molecule has 0 saturated heterocycles. The van der Waals surface area contributed by atoms with Gasteiger partial charge in [-0.2, -0.15) is 5.10 Å². The number of hydrogen-bond acceptors (Lipinski definition) is 3. The first-order chi connectivity index (χ1) is 11.7. The number of aromatic amines is 1. The third-order valence-corrected chi connectivity index (χ3v) is 4.33. The predicted molar refractivity (Wildman–Crippen MR) is 94.4 cm³/mol. The maximum Gasteiger partial charge on any atom is 0.260 e. The zero-order valence-corrected chi connectivity index (χ0v) is 13.3. The van der Waals surface area contributed by atoms with Crippen molar-refractivity contribution in [1.82, 2.24) is 14.8 Å². The van der Waals surface area contributed by atoms with Crippen molar-refractivity contribution >= 4 is 16.6 Å². The number of nitrogens with one attached hydrogen (secondary N) is 1. The molecule has 0 amide bonds. The normalized spacial score (nSPS) is 14.1. The average Bonchev–Trinajstić information content (AvgIpc) is 2.93. The van der Waals surface area contributed by atoms with Crippen LogP contribution in [-0.4, -0.2) is 19.9 Å². The van der Waals surface area contributed by atoms with E-state index in [1.165, 1.54) is 0 Å². The number of fused-ring (bicyclic) bond motifs is 1. The topological polar surface area (TPSA) is 70.9 Å². The van der Waals surface area contributed by atoms with E-state index in [0.29, 0.717) is 22.3 Å². The first-order valence-corrected chi connectivity index (χ1v) is 7.93. The van der Waals surface area contributed by atoms with E-state index in [-0.39, 0.29) is 11.3 Å². The smallest absolute Gasteiger partial charge is 0.260 e. The number of para-hydroxylation sites is 1. The number of nitrogens with zero attached hydrogens (tertiary/aromatic N) is 2. The minimum absolute atomic E-state index is 0.00924. The first kappa shape index (κ1) is 14.5. The minimum atomic E-state index is -0.293. The van der Waals surface area contributed by atoms with E-state index in [4.69, 9.17) is 0 Å². The van der Waals surface area contributed by atoms with Gasteiger partial charge in [-0.05, 0) is 37.5 Å². The molecule has 0 unspecified atom stereocenters. The summed E-state index contributed by atoms with van der Waals surface area (Å²) in [7, 11) is 0. The molecule has 3 aromatic rings. The molecule has 4 rings (SSSR count). The third kappa shape index (κ3) is 2.17. The average molecular weight is 319 g/mol. The molecule has 0 bridgehead atoms. The largest absolute Gasteiger partial charge is 0.506 e. The monoisotopic (exact) mass is 319 g/mol. The summed E-state index contributed by atoms with van der Waals surface area (Å²) in [6, 6.07) is 9.55. The lowest BCUT2D eigenvalue weighted by Gasteiger charge is -2.11. The highest BCUT2D eigenvalue weighted by Crippen LogP contribution is 2.34. The second kappa shape index (κ2) is 5.53. The minimum Gasteiger partial charge on any atom is -0.506 e. The van der Waals surface area contributed by atoms with E-state index in [0.717, 1.165) is 24.1 Å². The van der Waals surface area contributed by atoms with Gasteiger partial charge in [0, 0.05) is 0 Å². The highest BCUT2D eigenvalue weighted by Gasteiger charge is 2.21. The Bertz CT molecular complexity index is 1040. The van der Waals surface area contributed by atoms with Crippen LogP contribution in [0.25, 0.3) is 22.3 Å². The fourth-order valence-electron chi connectivity index (χ4n) is 3.19. The van der Waals surface area contributed by atoms with Gasteiger partial charge in [0.15, 0.2) is 0 Å². The van der Waals surface area contributed by atoms with Crippen LogP contribution in [0.1, 0.15) is 24.1 Å². The van der Waals surface area contributed by atoms with Gasteiger partial charge in [0.25, 0.3) is 5.56 Å². The van der Waals surface area contributed by atoms with Gasteiger partial charge in [-0.1, -0.05) is 36.4 Å². The van der Waals surface area contributed by atoms with Gasteiger partial charge < -0.3 is 10.1 Å². The highest BCUT2D eigenvalue weighted by molar-refractivity contribution is 5.91. The number of allylic oxidation sites excluding steroid dienone is 4. The fraction of sp³-hybridized carbons (Fsp3) is 0.158. The van der Waals surface area contributed by atoms with Gasteiger partial charge >= 0.3 is 0 Å². The molecular formula is C19H17N3O2. The maximum absolute atomic E-state index is 12.6. The SMILES string of the molecule is Cc1nn(-c2ccccc2)c2[nH]c(=O)c(C3=CC=CCC3)c(O)c12. The van der Waals surface area contributed by atoms with Crippen LogP contribution >= 0.6 is 0 Å². The van der Waals surface area contributed by atoms with E-state index in [1.54, 1.807) is 4.68 Å². The van der Waals surface area contributed by atoms with Crippen LogP contribution < -0.4 is 5.56 Å². The molecule has 120 valence electrons. The molecule has 0 saturated carbocycles. The molecule has 2 heterocycles. The summed E-state index contributed by atoms with van der Waals surface area (Å²) in [6.45, 7) is 1.83. The summed E-state index contributed by atoms with van der Waals surface area (Å²) in [5.74, 6) is 0.00924. The van der Waals surface area contributed by atoms with Crippen LogP contribution in [0.4, 0.5) is 0 Å². The number of H-pyrrole nitrogens is 1. The van der Waals surface area contributed by atoms with Gasteiger partial charge in [-0.25, -0.2) is 4.68 Å². The van der Waals surface area contributed by atoms with Crippen molar-refractivity contribution in [3.63, 3.8) is 0 Å². The number of aromatic nitrogens is 3. The number of rotatable bonds is 2. The number of aromatic hydroxyl groups is 1. The van der Waals surface area contributed by atoms with Gasteiger partial charge in [-0.15, -0.1) is 0 Å². The molecular weight excluding hydrogens is 302 g/mol. The number of pyridine rings is 1. The molecule has 0 radical (unpaired) electrons. The van der Waals surface area contributed by atoms with Crippen molar-refractivity contribution in [3.8, 4) is 11.4 Å². The second-order valence-electron chi connectivity index (χ2n) is 5.89. The van der Waals surface area contributed by atoms with Crippen LogP contribution in [0.15, 0.2) is 53.4 Å². The molecule has 5 heteroatoms. The molecule has 24 heavy (non-hydrogen) atoms. The van der Waals surface area contributed by atoms with Gasteiger partial charge in [0.2, 0.25) is 0 Å². The summed E-state index contributed by atoms with van der Waals surface area (Å²) < 4.78 is 1.66. The molecule has 1 aliphatic carbocycles. The number of benzene rings is 1. The Kier molecular flexibility index (Phi) is 3.34. The molecule has 1 aliphatic rings. The Morgan fingerprint density at radius 3 is 2.75 bits per heavy atom. The molecule has 0 atom stereocenters. The van der Waals surface area contributed by atoms with E-state index in [2.05, 4.69) is 10.1 Å². The van der Waals surface area contributed by atoms with Crippen LogP contribution in [0.3, 0.4) is 0 Å². The van der Waals surface area contributed by atoms with E-state index in [9.17, 15) is 9.90 Å². The fourth-order valence-corrected chi connectivity index (χ4v) is 3.19. The molecule has 2 N–H and O–H groups in total. The summed E-state index contributed by atoms with van der Waals surface area (Å²) in [5, 5.41) is 15.9. The number of hydrogen-bond donors (Lipinski definition) is 2. The Morgan fingerprint density at radius 1 is 1.25 bits per heavy atom. The molecule has 0 spiro atoms. The van der Waals surface area contributed by atoms with Crippen LogP contribution in [0.5, 0.6) is 5.75 Å². The van der Waals surface area contributed by atoms with Gasteiger partial charge in [0.05, 0.1) is 22.3 Å². The number of aryl methyl sites for hydroxylation is 1. The molecule has 2 aromatic heterocycles. The lowest BCUT2D eigenvalue weighted by atomic mass is 9.97. The lowest BCUT2D eigenvalue weighted by Crippen LogP contribution is -2.14. The van der Waals surface area contributed by atoms with Gasteiger partial charge in [0.1, 0.15) is 11.4 Å². The summed E-state index contributed by atoms with van der Waals surface area (Å²) >= 11 is 0. The van der Waals surface area contributed by atoms with Crippen molar-refractivity contribution in [2.24, 2.45) is 0 Å². The molecule has 1 aromatic carbocycles. The summed E-state index contributed by atoms with van der Waals surface area (Å²) in [6.07, 6.45) is 7.46. The van der Waals surface area contributed by atoms with Crippen molar-refractivity contribution in [3.05, 3.63) is 70.2 Å². The van der Waals surface area contributed by atoms with Crippen LogP contribution in [0, 0.1) is 6.92 Å². The third-order valence-electron chi connectivity index (χ3n) is 4.33. The Labute approximate surface area is 138 Å². The van der Waals surface area contributed by atoms with E-state index >= 15 is 0 Å². The molecule has 0 aliphatic heterocycles. The van der Waals surface area contributed by atoms with Crippen molar-refractivity contribution in [1.29, 1.82) is 0 Å². The Morgan fingerprint density at radius 2 is 2.04 bits per heavy atom. The molecule has 5 nitrogen and oxygen atoms in total. The lowest BCUT2D eigenvalue weighted by molar-refractivity contribution is 0.478. The summed E-state index contributed by atoms with van der Waals surface area (Å²) in [4.78, 5) is 15.5. The Hall–Kier alpha value is -3.08. The standard InChI is InChI=1S/C19H17N3O2/c1-12-15-17(23)16(13-8-4-2-5-9-13)19(24)20-18(15)22(21-12)14-10-6-3-7-11-14/h2-4,6-8,10-11H,5,9H2,1H3,(H2,20,23,24). The van der Waals surface area contributed by atoms with Crippen molar-refractivity contribution < 1.29 is 5.11 Å². The first-order valence-electron chi connectivity index (χ1n) is 7.93. The van der Waals surface area contributed by atoms with Crippen LogP contribution in [0.2, 0.25) is 0 Å². The highest BCUT2D eigenvalue weighted by atomic mass is 16.3. The quantitative estimate of drug-likeness (QED) is 0.760. The zero-order chi connectivity index (χ0) is 16.7. The van der Waals surface area contributed by atoms with E-state index in [1.807, 2.05) is 55.5 Å². The summed E-state index contributed by atoms with van der Waals surface area (Å²) in [5.41, 5.74) is 2.93. The second-order valence-corrected chi connectivity index (χ2v) is 5.89.